The van der Waals surface area contributed by atoms with Gasteiger partial charge in [-0.15, -0.1) is 24.2 Å². The van der Waals surface area contributed by atoms with E-state index in [1.807, 2.05) is 24.3 Å². The number of nitrogens with one attached hydrogen (secondary N) is 2. The number of nitrogens with two attached hydrogens (primary N) is 1. The van der Waals surface area contributed by atoms with Crippen molar-refractivity contribution in [2.75, 3.05) is 17.6 Å². The number of hydrogen-bond acceptors (Lipinski definition) is 4. The fourth-order valence-electron chi connectivity index (χ4n) is 2.56. The molecule has 1 aromatic rings. The summed E-state index contributed by atoms with van der Waals surface area (Å²) in [7, 11) is 0. The maximum Gasteiger partial charge on any atom is 0.227 e. The van der Waals surface area contributed by atoms with Crippen molar-refractivity contribution in [3.8, 4) is 0 Å². The summed E-state index contributed by atoms with van der Waals surface area (Å²) < 4.78 is 0. The highest BCUT2D eigenvalue weighted by Crippen LogP contribution is 2.28. The van der Waals surface area contributed by atoms with Crippen LogP contribution >= 0.6 is 24.2 Å². The average molecular weight is 358 g/mol. The van der Waals surface area contributed by atoms with Gasteiger partial charge in [-0.05, 0) is 38.4 Å². The van der Waals surface area contributed by atoms with Crippen LogP contribution in [0.2, 0.25) is 0 Å². The smallest absolute Gasteiger partial charge is 0.227 e. The van der Waals surface area contributed by atoms with Gasteiger partial charge in [-0.3, -0.25) is 9.59 Å². The van der Waals surface area contributed by atoms with Gasteiger partial charge in [0.1, 0.15) is 0 Å². The highest BCUT2D eigenvalue weighted by Gasteiger charge is 2.25. The summed E-state index contributed by atoms with van der Waals surface area (Å²) in [6, 6.07) is 8.05. The first-order valence-corrected chi connectivity index (χ1v) is 8.59. The molecule has 2 atom stereocenters. The standard InChI is InChI=1S/C16H23N3O2S.ClH/c1-11-10-12(6-8-18-11)16(21)19-13-4-2-3-5-14(13)22-9-7-15(17)20;/h2-5,11-12,18H,6-10H2,1H3,(H2,17,20)(H,19,21);1H/t11-,12-;/m0./s1. The van der Waals surface area contributed by atoms with E-state index in [-0.39, 0.29) is 30.1 Å². The van der Waals surface area contributed by atoms with Gasteiger partial charge in [0, 0.05) is 29.0 Å². The van der Waals surface area contributed by atoms with Gasteiger partial charge in [0.25, 0.3) is 0 Å². The lowest BCUT2D eigenvalue weighted by Crippen LogP contribution is -2.40. The van der Waals surface area contributed by atoms with Gasteiger partial charge in [0.05, 0.1) is 5.69 Å². The third kappa shape index (κ3) is 6.41. The first-order chi connectivity index (χ1) is 10.6. The molecule has 2 amide bonds. The lowest BCUT2D eigenvalue weighted by molar-refractivity contribution is -0.121. The molecule has 1 heterocycles. The van der Waals surface area contributed by atoms with Crippen LogP contribution < -0.4 is 16.4 Å². The first-order valence-electron chi connectivity index (χ1n) is 7.60. The first kappa shape index (κ1) is 19.8. The fourth-order valence-corrected chi connectivity index (χ4v) is 3.53. The van der Waals surface area contributed by atoms with E-state index in [2.05, 4.69) is 17.6 Å². The second kappa shape index (κ2) is 9.80. The number of anilines is 1. The molecule has 0 aliphatic carbocycles. The molecule has 1 aliphatic heterocycles. The van der Waals surface area contributed by atoms with Gasteiger partial charge in [-0.2, -0.15) is 0 Å². The minimum absolute atomic E-state index is 0. The Balaban J connectivity index is 0.00000264. The number of rotatable bonds is 6. The maximum atomic E-state index is 12.4. The van der Waals surface area contributed by atoms with E-state index in [9.17, 15) is 9.59 Å². The Kier molecular flexibility index (Phi) is 8.44. The molecule has 23 heavy (non-hydrogen) atoms. The number of carbonyl (C=O) groups is 2. The number of amides is 2. The van der Waals surface area contributed by atoms with Gasteiger partial charge < -0.3 is 16.4 Å². The summed E-state index contributed by atoms with van der Waals surface area (Å²) >= 11 is 1.54. The summed E-state index contributed by atoms with van der Waals surface area (Å²) in [6.45, 7) is 2.99. The van der Waals surface area contributed by atoms with Crippen LogP contribution in [0.25, 0.3) is 0 Å². The summed E-state index contributed by atoms with van der Waals surface area (Å²) in [5, 5.41) is 6.39. The zero-order valence-electron chi connectivity index (χ0n) is 13.2. The van der Waals surface area contributed by atoms with Gasteiger partial charge in [-0.25, -0.2) is 0 Å². The normalized spacial score (nSPS) is 20.4. The molecule has 2 rings (SSSR count). The fraction of sp³-hybridized carbons (Fsp3) is 0.500. The summed E-state index contributed by atoms with van der Waals surface area (Å²) in [5.74, 6) is 0.445. The highest BCUT2D eigenvalue weighted by molar-refractivity contribution is 7.99. The number of primary amides is 1. The molecule has 7 heteroatoms. The number of piperidine rings is 1. The van der Waals surface area contributed by atoms with Crippen LogP contribution in [0.5, 0.6) is 0 Å². The van der Waals surface area contributed by atoms with E-state index in [0.29, 0.717) is 18.2 Å². The predicted octanol–water partition coefficient (Wildman–Crippen LogP) is 2.40. The van der Waals surface area contributed by atoms with Crippen LogP contribution in [0.4, 0.5) is 5.69 Å². The molecule has 4 N–H and O–H groups in total. The molecule has 0 unspecified atom stereocenters. The van der Waals surface area contributed by atoms with Gasteiger partial charge >= 0.3 is 0 Å². The Hall–Kier alpha value is -1.24. The van der Waals surface area contributed by atoms with E-state index >= 15 is 0 Å². The molecular weight excluding hydrogens is 334 g/mol. The lowest BCUT2D eigenvalue weighted by Gasteiger charge is -2.27. The Bertz CT molecular complexity index is 542. The molecule has 1 aromatic carbocycles. The Morgan fingerprint density at radius 3 is 2.83 bits per heavy atom. The summed E-state index contributed by atoms with van der Waals surface area (Å²) in [6.07, 6.45) is 2.06. The van der Waals surface area contributed by atoms with Crippen molar-refractivity contribution in [1.82, 2.24) is 5.32 Å². The van der Waals surface area contributed by atoms with Gasteiger partial charge in [-0.1, -0.05) is 12.1 Å². The Morgan fingerprint density at radius 2 is 2.13 bits per heavy atom. The molecule has 5 nitrogen and oxygen atoms in total. The number of para-hydroxylation sites is 1. The van der Waals surface area contributed by atoms with Crippen molar-refractivity contribution in [3.05, 3.63) is 24.3 Å². The van der Waals surface area contributed by atoms with Crippen LogP contribution in [-0.2, 0) is 9.59 Å². The molecule has 0 saturated carbocycles. The Morgan fingerprint density at radius 1 is 1.39 bits per heavy atom. The van der Waals surface area contributed by atoms with Crippen molar-refractivity contribution < 1.29 is 9.59 Å². The molecule has 1 fully saturated rings. The lowest BCUT2D eigenvalue weighted by atomic mass is 9.92. The molecule has 0 aromatic heterocycles. The number of thioether (sulfide) groups is 1. The second-order valence-electron chi connectivity index (χ2n) is 5.63. The van der Waals surface area contributed by atoms with Crippen LogP contribution in [-0.4, -0.2) is 30.2 Å². The number of halogens is 1. The molecule has 0 bridgehead atoms. The number of carbonyl (C=O) groups excluding carboxylic acids is 2. The average Bonchev–Trinajstić information content (AvgIpc) is 2.48. The number of benzene rings is 1. The second-order valence-corrected chi connectivity index (χ2v) is 6.76. The van der Waals surface area contributed by atoms with Crippen LogP contribution in [0.3, 0.4) is 0 Å². The molecule has 0 radical (unpaired) electrons. The van der Waals surface area contributed by atoms with E-state index in [0.717, 1.165) is 30.0 Å². The van der Waals surface area contributed by atoms with Crippen LogP contribution in [0, 0.1) is 5.92 Å². The highest BCUT2D eigenvalue weighted by atomic mass is 35.5. The van der Waals surface area contributed by atoms with E-state index < -0.39 is 0 Å². The largest absolute Gasteiger partial charge is 0.370 e. The SMILES string of the molecule is C[C@H]1C[C@@H](C(=O)Nc2ccccc2SCCC(N)=O)CCN1.Cl. The zero-order valence-corrected chi connectivity index (χ0v) is 14.8. The van der Waals surface area contributed by atoms with E-state index in [1.54, 1.807) is 0 Å². The monoisotopic (exact) mass is 357 g/mol. The summed E-state index contributed by atoms with van der Waals surface area (Å²) in [4.78, 5) is 24.2. The van der Waals surface area contributed by atoms with E-state index in [1.165, 1.54) is 11.8 Å². The quantitative estimate of drug-likeness (QED) is 0.682. The predicted molar refractivity (Wildman–Crippen MR) is 97.0 cm³/mol. The Labute approximate surface area is 147 Å². The molecule has 128 valence electrons. The third-order valence-electron chi connectivity index (χ3n) is 3.75. The van der Waals surface area contributed by atoms with Crippen molar-refractivity contribution in [2.45, 2.75) is 37.1 Å². The summed E-state index contributed by atoms with van der Waals surface area (Å²) in [5.41, 5.74) is 5.97. The van der Waals surface area contributed by atoms with E-state index in [4.69, 9.17) is 5.73 Å². The maximum absolute atomic E-state index is 12.4. The van der Waals surface area contributed by atoms with Crippen molar-refractivity contribution in [3.63, 3.8) is 0 Å². The molecular formula is C16H24ClN3O2S. The van der Waals surface area contributed by atoms with Crippen molar-refractivity contribution in [2.24, 2.45) is 11.7 Å². The molecule has 0 spiro atoms. The van der Waals surface area contributed by atoms with Crippen molar-refractivity contribution in [1.29, 1.82) is 0 Å². The number of hydrogen-bond donors (Lipinski definition) is 3. The van der Waals surface area contributed by atoms with Gasteiger partial charge in [0.2, 0.25) is 11.8 Å². The minimum Gasteiger partial charge on any atom is -0.370 e. The minimum atomic E-state index is -0.308. The van der Waals surface area contributed by atoms with Gasteiger partial charge in [0.15, 0.2) is 0 Å². The molecule has 1 aliphatic rings. The van der Waals surface area contributed by atoms with Crippen molar-refractivity contribution >= 4 is 41.7 Å². The zero-order chi connectivity index (χ0) is 15.9. The van der Waals surface area contributed by atoms with Crippen LogP contribution in [0.15, 0.2) is 29.2 Å². The van der Waals surface area contributed by atoms with Crippen LogP contribution in [0.1, 0.15) is 26.2 Å². The topological polar surface area (TPSA) is 84.2 Å². The molecule has 1 saturated heterocycles. The third-order valence-corrected chi connectivity index (χ3v) is 4.82.